The van der Waals surface area contributed by atoms with Crippen LogP contribution in [0.1, 0.15) is 16.4 Å². The van der Waals surface area contributed by atoms with Gasteiger partial charge in [-0.2, -0.15) is 0 Å². The van der Waals surface area contributed by atoms with E-state index in [4.69, 9.17) is 23.2 Å². The molecule has 13 heteroatoms. The summed E-state index contributed by atoms with van der Waals surface area (Å²) >= 11 is 14.9. The SMILES string of the molecule is O=C(Cn1c2c(sc1=O)[C@H](c1cccc(Cl)c1Cl)C1C(=O)N(c3ccc(F)cc3)C(=O)C1S2)Nc1ccc(O)cc1. The number of rotatable bonds is 5. The summed E-state index contributed by atoms with van der Waals surface area (Å²) in [5.74, 6) is -3.75. The molecule has 3 amide bonds. The third-order valence-electron chi connectivity index (χ3n) is 6.90. The van der Waals surface area contributed by atoms with Crippen molar-refractivity contribution in [3.63, 3.8) is 0 Å². The van der Waals surface area contributed by atoms with Crippen LogP contribution in [0.2, 0.25) is 10.0 Å². The lowest BCUT2D eigenvalue weighted by Gasteiger charge is -2.31. The van der Waals surface area contributed by atoms with E-state index in [0.29, 0.717) is 21.2 Å². The first kappa shape index (κ1) is 27.5. The number of phenolic OH excluding ortho intramolecular Hbond substituents is 1. The van der Waals surface area contributed by atoms with Crippen LogP contribution in [0.5, 0.6) is 5.75 Å². The quantitative estimate of drug-likeness (QED) is 0.223. The molecule has 0 saturated carbocycles. The number of thioether (sulfide) groups is 1. The van der Waals surface area contributed by atoms with E-state index >= 15 is 0 Å². The lowest BCUT2D eigenvalue weighted by atomic mass is 9.83. The molecular weight excluding hydrogens is 612 g/mol. The maximum Gasteiger partial charge on any atom is 0.308 e. The molecule has 3 atom stereocenters. The summed E-state index contributed by atoms with van der Waals surface area (Å²) in [6.45, 7) is -0.351. The largest absolute Gasteiger partial charge is 0.508 e. The average molecular weight is 631 g/mol. The van der Waals surface area contributed by atoms with Crippen molar-refractivity contribution in [2.24, 2.45) is 5.92 Å². The molecule has 0 radical (unpaired) electrons. The predicted octanol–water partition coefficient (Wildman–Crippen LogP) is 5.50. The molecule has 3 heterocycles. The van der Waals surface area contributed by atoms with E-state index in [0.717, 1.165) is 40.1 Å². The van der Waals surface area contributed by atoms with Crippen LogP contribution in [0.4, 0.5) is 15.8 Å². The van der Waals surface area contributed by atoms with E-state index in [1.807, 2.05) is 0 Å². The van der Waals surface area contributed by atoms with Gasteiger partial charge in [0.2, 0.25) is 17.7 Å². The topological polar surface area (TPSA) is 109 Å². The highest BCUT2D eigenvalue weighted by molar-refractivity contribution is 8.00. The zero-order valence-electron chi connectivity index (χ0n) is 20.7. The Labute approximate surface area is 250 Å². The van der Waals surface area contributed by atoms with E-state index in [9.17, 15) is 28.7 Å². The summed E-state index contributed by atoms with van der Waals surface area (Å²) < 4.78 is 14.9. The van der Waals surface area contributed by atoms with Crippen LogP contribution in [-0.4, -0.2) is 32.6 Å². The van der Waals surface area contributed by atoms with Crippen LogP contribution in [0, 0.1) is 11.7 Å². The third kappa shape index (κ3) is 4.82. The Morgan fingerprint density at radius 3 is 2.39 bits per heavy atom. The number of aromatic hydroxyl groups is 1. The van der Waals surface area contributed by atoms with Crippen LogP contribution < -0.4 is 15.1 Å². The predicted molar refractivity (Wildman–Crippen MR) is 156 cm³/mol. The third-order valence-corrected chi connectivity index (χ3v) is 10.3. The molecule has 8 nitrogen and oxygen atoms in total. The Morgan fingerprint density at radius 1 is 0.976 bits per heavy atom. The Kier molecular flexibility index (Phi) is 7.14. The van der Waals surface area contributed by atoms with Gasteiger partial charge < -0.3 is 10.4 Å². The van der Waals surface area contributed by atoms with Gasteiger partial charge in [-0.25, -0.2) is 9.29 Å². The number of imide groups is 1. The second kappa shape index (κ2) is 10.6. The Bertz CT molecular complexity index is 1770. The fourth-order valence-electron chi connectivity index (χ4n) is 5.08. The number of phenols is 1. The van der Waals surface area contributed by atoms with Gasteiger partial charge in [0, 0.05) is 16.5 Å². The number of thiazole rings is 1. The fraction of sp³-hybridized carbons (Fsp3) is 0.143. The number of nitrogens with one attached hydrogen (secondary N) is 1. The van der Waals surface area contributed by atoms with E-state index in [1.165, 1.54) is 41.0 Å². The first-order chi connectivity index (χ1) is 19.6. The highest BCUT2D eigenvalue weighted by Crippen LogP contribution is 2.55. The van der Waals surface area contributed by atoms with Crippen molar-refractivity contribution >= 4 is 75.4 Å². The van der Waals surface area contributed by atoms with Crippen molar-refractivity contribution in [1.82, 2.24) is 4.57 Å². The Morgan fingerprint density at radius 2 is 1.68 bits per heavy atom. The van der Waals surface area contributed by atoms with Crippen molar-refractivity contribution in [2.45, 2.75) is 22.7 Å². The highest BCUT2D eigenvalue weighted by atomic mass is 35.5. The van der Waals surface area contributed by atoms with Crippen molar-refractivity contribution in [3.05, 3.63) is 103 Å². The lowest BCUT2D eigenvalue weighted by Crippen LogP contribution is -2.33. The number of carbonyl (C=O) groups excluding carboxylic acids is 3. The number of hydrogen-bond acceptors (Lipinski definition) is 7. The zero-order valence-corrected chi connectivity index (χ0v) is 23.9. The van der Waals surface area contributed by atoms with Gasteiger partial charge in [0.05, 0.1) is 26.7 Å². The second-order valence-corrected chi connectivity index (χ2v) is 12.3. The van der Waals surface area contributed by atoms with E-state index < -0.39 is 45.5 Å². The second-order valence-electron chi connectivity index (χ2n) is 9.39. The van der Waals surface area contributed by atoms with Crippen LogP contribution in [0.25, 0.3) is 0 Å². The summed E-state index contributed by atoms with van der Waals surface area (Å²) in [6, 6.07) is 15.9. The summed E-state index contributed by atoms with van der Waals surface area (Å²) in [4.78, 5) is 54.9. The number of anilines is 2. The fourth-order valence-corrected chi connectivity index (χ4v) is 8.27. The molecule has 0 aliphatic carbocycles. The smallest absolute Gasteiger partial charge is 0.308 e. The van der Waals surface area contributed by atoms with E-state index in [2.05, 4.69) is 5.32 Å². The van der Waals surface area contributed by atoms with Gasteiger partial charge in [0.15, 0.2) is 0 Å². The molecule has 1 fully saturated rings. The van der Waals surface area contributed by atoms with Gasteiger partial charge in [-0.1, -0.05) is 58.4 Å². The average Bonchev–Trinajstić information content (AvgIpc) is 3.38. The minimum atomic E-state index is -0.944. The monoisotopic (exact) mass is 629 g/mol. The molecule has 1 aromatic heterocycles. The van der Waals surface area contributed by atoms with Crippen molar-refractivity contribution in [2.75, 3.05) is 10.2 Å². The van der Waals surface area contributed by atoms with Crippen molar-refractivity contribution in [1.29, 1.82) is 0 Å². The number of hydrogen-bond donors (Lipinski definition) is 2. The first-order valence-electron chi connectivity index (χ1n) is 12.2. The molecule has 1 saturated heterocycles. The van der Waals surface area contributed by atoms with Crippen LogP contribution in [0.3, 0.4) is 0 Å². The maximum absolute atomic E-state index is 13.9. The number of carbonyl (C=O) groups is 3. The van der Waals surface area contributed by atoms with Gasteiger partial charge in [-0.3, -0.25) is 23.7 Å². The zero-order chi connectivity index (χ0) is 29.0. The molecule has 2 aliphatic rings. The summed E-state index contributed by atoms with van der Waals surface area (Å²) in [5.41, 5.74) is 1.12. The number of aromatic nitrogens is 1. The Balaban J connectivity index is 1.43. The van der Waals surface area contributed by atoms with Crippen molar-refractivity contribution < 1.29 is 23.9 Å². The highest BCUT2D eigenvalue weighted by Gasteiger charge is 2.57. The molecule has 0 bridgehead atoms. The number of fused-ring (bicyclic) bond motifs is 2. The number of halogens is 3. The normalized spacial score (nSPS) is 19.7. The standard InChI is InChI=1S/C28H18Cl2FN3O5S2/c29-18-3-1-2-17(22(18)30)20-21-23(26(38)34(25(21)37)15-8-4-13(31)5-9-15)40-27-24(20)41-28(39)33(27)12-19(36)32-14-6-10-16(35)11-7-14/h1-11,20-21,23,35H,12H2,(H,32,36)/t20-,21?,23?/m1/s1. The lowest BCUT2D eigenvalue weighted by molar-refractivity contribution is -0.122. The van der Waals surface area contributed by atoms with Gasteiger partial charge in [-0.15, -0.1) is 0 Å². The van der Waals surface area contributed by atoms with Crippen LogP contribution in [0.15, 0.2) is 76.6 Å². The van der Waals surface area contributed by atoms with Gasteiger partial charge in [-0.05, 0) is 60.2 Å². The van der Waals surface area contributed by atoms with Crippen LogP contribution in [-0.2, 0) is 20.9 Å². The van der Waals surface area contributed by atoms with E-state index in [1.54, 1.807) is 18.2 Å². The molecule has 0 spiro atoms. The number of amides is 3. The molecular formula is C28H18Cl2FN3O5S2. The van der Waals surface area contributed by atoms with Crippen molar-refractivity contribution in [3.8, 4) is 5.75 Å². The van der Waals surface area contributed by atoms with Gasteiger partial charge in [0.25, 0.3) is 0 Å². The molecule has 2 N–H and O–H groups in total. The molecule has 4 aromatic rings. The minimum absolute atomic E-state index is 0.0354. The number of benzene rings is 3. The molecule has 2 unspecified atom stereocenters. The first-order valence-corrected chi connectivity index (χ1v) is 14.7. The van der Waals surface area contributed by atoms with Crippen LogP contribution >= 0.6 is 46.3 Å². The summed E-state index contributed by atoms with van der Waals surface area (Å²) in [6.07, 6.45) is 0. The molecule has 2 aliphatic heterocycles. The minimum Gasteiger partial charge on any atom is -0.508 e. The molecule has 6 rings (SSSR count). The molecule has 41 heavy (non-hydrogen) atoms. The Hall–Kier alpha value is -3.64. The van der Waals surface area contributed by atoms with Gasteiger partial charge >= 0.3 is 4.87 Å². The van der Waals surface area contributed by atoms with Gasteiger partial charge in [0.1, 0.15) is 23.4 Å². The molecule has 208 valence electrons. The number of nitrogens with zero attached hydrogens (tertiary/aromatic N) is 2. The molecule has 3 aromatic carbocycles. The van der Waals surface area contributed by atoms with E-state index in [-0.39, 0.29) is 28.0 Å². The maximum atomic E-state index is 13.9. The summed E-state index contributed by atoms with van der Waals surface area (Å²) in [7, 11) is 0. The summed E-state index contributed by atoms with van der Waals surface area (Å²) in [5, 5.41) is 12.0.